The number of aromatic hydroxyl groups is 1. The third-order valence-corrected chi connectivity index (χ3v) is 4.22. The smallest absolute Gasteiger partial charge is 0.311 e. The van der Waals surface area contributed by atoms with Crippen LogP contribution in [0.4, 0.5) is 0 Å². The predicted molar refractivity (Wildman–Crippen MR) is 92.7 cm³/mol. The second-order valence-corrected chi connectivity index (χ2v) is 5.63. The summed E-state index contributed by atoms with van der Waals surface area (Å²) in [5.41, 5.74) is 1.29. The van der Waals surface area contributed by atoms with Crippen LogP contribution in [0.5, 0.6) is 11.5 Å². The van der Waals surface area contributed by atoms with Gasteiger partial charge in [0.1, 0.15) is 0 Å². The van der Waals surface area contributed by atoms with E-state index in [1.54, 1.807) is 18.2 Å². The third kappa shape index (κ3) is 2.91. The molecule has 3 rings (SSSR count). The van der Waals surface area contributed by atoms with Crippen LogP contribution in [0.3, 0.4) is 0 Å². The summed E-state index contributed by atoms with van der Waals surface area (Å²) in [6.07, 6.45) is 0.187. The van der Waals surface area contributed by atoms with Crippen molar-refractivity contribution in [3.63, 3.8) is 0 Å². The molecule has 24 heavy (non-hydrogen) atoms. The number of benzene rings is 3. The molecule has 3 aromatic carbocycles. The third-order valence-electron chi connectivity index (χ3n) is 4.22. The van der Waals surface area contributed by atoms with Gasteiger partial charge in [-0.1, -0.05) is 54.6 Å². The Balaban J connectivity index is 2.07. The number of carboxylic acid groups (broad SMARTS) is 1. The van der Waals surface area contributed by atoms with Gasteiger partial charge in [-0.2, -0.15) is 0 Å². The minimum atomic E-state index is -0.923. The maximum Gasteiger partial charge on any atom is 0.311 e. The van der Waals surface area contributed by atoms with Gasteiger partial charge in [-0.15, -0.1) is 0 Å². The lowest BCUT2D eigenvalue weighted by Crippen LogP contribution is -2.15. The van der Waals surface area contributed by atoms with Crippen LogP contribution in [0.15, 0.2) is 60.7 Å². The zero-order valence-electron chi connectivity index (χ0n) is 13.3. The lowest BCUT2D eigenvalue weighted by atomic mass is 9.88. The number of carbonyl (C=O) groups is 1. The lowest BCUT2D eigenvalue weighted by molar-refractivity contribution is -0.138. The Morgan fingerprint density at radius 1 is 1.04 bits per heavy atom. The van der Waals surface area contributed by atoms with Gasteiger partial charge in [-0.25, -0.2) is 0 Å². The molecule has 0 fully saturated rings. The van der Waals surface area contributed by atoms with Crippen LogP contribution in [0.2, 0.25) is 0 Å². The average Bonchev–Trinajstić information content (AvgIpc) is 2.60. The minimum absolute atomic E-state index is 0.00788. The highest BCUT2D eigenvalue weighted by Crippen LogP contribution is 2.35. The summed E-state index contributed by atoms with van der Waals surface area (Å²) in [7, 11) is 1.47. The van der Waals surface area contributed by atoms with Crippen LogP contribution in [0, 0.1) is 0 Å². The van der Waals surface area contributed by atoms with E-state index in [4.69, 9.17) is 4.74 Å². The van der Waals surface area contributed by atoms with Crippen molar-refractivity contribution in [1.82, 2.24) is 0 Å². The van der Waals surface area contributed by atoms with Gasteiger partial charge in [-0.05, 0) is 34.4 Å². The van der Waals surface area contributed by atoms with Crippen LogP contribution in [0.1, 0.15) is 17.0 Å². The number of ether oxygens (including phenoxy) is 1. The first kappa shape index (κ1) is 15.9. The largest absolute Gasteiger partial charge is 0.504 e. The Labute approximate surface area is 139 Å². The number of methoxy groups -OCH3 is 1. The van der Waals surface area contributed by atoms with Crippen LogP contribution in [-0.4, -0.2) is 23.3 Å². The molecule has 3 aromatic rings. The first-order valence-electron chi connectivity index (χ1n) is 7.67. The quantitative estimate of drug-likeness (QED) is 0.746. The van der Waals surface area contributed by atoms with E-state index in [-0.39, 0.29) is 12.2 Å². The molecule has 0 saturated heterocycles. The van der Waals surface area contributed by atoms with E-state index in [1.165, 1.54) is 7.11 Å². The first-order valence-corrected chi connectivity index (χ1v) is 7.67. The van der Waals surface area contributed by atoms with Crippen LogP contribution in [0.25, 0.3) is 10.8 Å². The molecule has 0 bridgehead atoms. The molecule has 0 radical (unpaired) electrons. The molecule has 4 nitrogen and oxygen atoms in total. The topological polar surface area (TPSA) is 66.8 Å². The van der Waals surface area contributed by atoms with Crippen LogP contribution < -0.4 is 4.74 Å². The van der Waals surface area contributed by atoms with Gasteiger partial charge in [0, 0.05) is 0 Å². The van der Waals surface area contributed by atoms with Crippen molar-refractivity contribution in [3.05, 3.63) is 71.8 Å². The van der Waals surface area contributed by atoms with Gasteiger partial charge in [0.25, 0.3) is 0 Å². The summed E-state index contributed by atoms with van der Waals surface area (Å²) in [5, 5.41) is 21.9. The Morgan fingerprint density at radius 2 is 1.75 bits per heavy atom. The summed E-state index contributed by atoms with van der Waals surface area (Å²) >= 11 is 0. The monoisotopic (exact) mass is 322 g/mol. The molecular weight excluding hydrogens is 304 g/mol. The Morgan fingerprint density at radius 3 is 2.50 bits per heavy atom. The number of hydrogen-bond acceptors (Lipinski definition) is 3. The van der Waals surface area contributed by atoms with Gasteiger partial charge in [0.2, 0.25) is 0 Å². The molecule has 0 aromatic heterocycles. The van der Waals surface area contributed by atoms with Crippen LogP contribution >= 0.6 is 0 Å². The average molecular weight is 322 g/mol. The highest BCUT2D eigenvalue weighted by molar-refractivity contribution is 5.91. The summed E-state index contributed by atoms with van der Waals surface area (Å²) in [6.45, 7) is 0. The van der Waals surface area contributed by atoms with E-state index in [0.717, 1.165) is 16.3 Å². The Bertz CT molecular complexity index is 880. The molecule has 4 heteroatoms. The molecular formula is C20H18O4. The molecule has 0 saturated carbocycles. The number of carboxylic acids is 1. The minimum Gasteiger partial charge on any atom is -0.504 e. The summed E-state index contributed by atoms with van der Waals surface area (Å²) in [6, 6.07) is 18.5. The molecule has 1 unspecified atom stereocenters. The molecule has 0 aliphatic carbocycles. The molecule has 122 valence electrons. The molecule has 0 aliphatic rings. The van der Waals surface area contributed by atoms with E-state index >= 15 is 0 Å². The van der Waals surface area contributed by atoms with E-state index in [1.807, 2.05) is 42.5 Å². The normalized spacial score (nSPS) is 12.0. The molecule has 0 aliphatic heterocycles. The molecule has 1 atom stereocenters. The highest BCUT2D eigenvalue weighted by atomic mass is 16.5. The summed E-state index contributed by atoms with van der Waals surface area (Å²) in [5.74, 6) is -1.34. The highest BCUT2D eigenvalue weighted by Gasteiger charge is 2.24. The number of fused-ring (bicyclic) bond motifs is 1. The van der Waals surface area contributed by atoms with Gasteiger partial charge in [-0.3, -0.25) is 4.79 Å². The van der Waals surface area contributed by atoms with Crippen molar-refractivity contribution in [3.8, 4) is 11.5 Å². The fourth-order valence-electron chi connectivity index (χ4n) is 3.00. The Kier molecular flexibility index (Phi) is 4.38. The lowest BCUT2D eigenvalue weighted by Gasteiger charge is -2.17. The van der Waals surface area contributed by atoms with Crippen molar-refractivity contribution < 1.29 is 19.7 Å². The van der Waals surface area contributed by atoms with E-state index in [2.05, 4.69) is 0 Å². The number of rotatable bonds is 5. The number of para-hydroxylation sites is 1. The maximum absolute atomic E-state index is 11.9. The van der Waals surface area contributed by atoms with Crippen molar-refractivity contribution in [2.75, 3.05) is 7.11 Å². The number of hydrogen-bond donors (Lipinski definition) is 2. The van der Waals surface area contributed by atoms with Crippen molar-refractivity contribution in [2.24, 2.45) is 0 Å². The second kappa shape index (κ2) is 6.62. The zero-order valence-corrected chi connectivity index (χ0v) is 13.3. The fourth-order valence-corrected chi connectivity index (χ4v) is 3.00. The SMILES string of the molecule is COc1cccc(CC(C(=O)O)c2cccc3ccccc23)c1O. The van der Waals surface area contributed by atoms with Crippen molar-refractivity contribution in [1.29, 1.82) is 0 Å². The Hall–Kier alpha value is -3.01. The van der Waals surface area contributed by atoms with E-state index in [9.17, 15) is 15.0 Å². The maximum atomic E-state index is 11.9. The van der Waals surface area contributed by atoms with Gasteiger partial charge in [0.15, 0.2) is 11.5 Å². The zero-order chi connectivity index (χ0) is 17.1. The van der Waals surface area contributed by atoms with Crippen molar-refractivity contribution >= 4 is 16.7 Å². The standard InChI is InChI=1S/C20H18O4/c1-24-18-11-5-8-14(19(18)21)12-17(20(22)23)16-10-4-7-13-6-2-3-9-15(13)16/h2-11,17,21H,12H2,1H3,(H,22,23). The fraction of sp³-hybridized carbons (Fsp3) is 0.150. The number of phenolic OH excluding ortho intramolecular Hbond substituents is 1. The van der Waals surface area contributed by atoms with Crippen LogP contribution in [-0.2, 0) is 11.2 Å². The number of aliphatic carboxylic acids is 1. The predicted octanol–water partition coefficient (Wildman–Crippen LogP) is 3.96. The van der Waals surface area contributed by atoms with E-state index in [0.29, 0.717) is 11.3 Å². The molecule has 0 spiro atoms. The van der Waals surface area contributed by atoms with Crippen molar-refractivity contribution in [2.45, 2.75) is 12.3 Å². The molecule has 0 amide bonds. The summed E-state index contributed by atoms with van der Waals surface area (Å²) in [4.78, 5) is 11.9. The summed E-state index contributed by atoms with van der Waals surface area (Å²) < 4.78 is 5.11. The number of phenols is 1. The second-order valence-electron chi connectivity index (χ2n) is 5.63. The van der Waals surface area contributed by atoms with E-state index < -0.39 is 11.9 Å². The van der Waals surface area contributed by atoms with Gasteiger partial charge in [0.05, 0.1) is 13.0 Å². The first-order chi connectivity index (χ1) is 11.6. The van der Waals surface area contributed by atoms with Gasteiger partial charge >= 0.3 is 5.97 Å². The molecule has 2 N–H and O–H groups in total. The van der Waals surface area contributed by atoms with Gasteiger partial charge < -0.3 is 14.9 Å². The molecule has 0 heterocycles.